The Balaban J connectivity index is 2.09. The summed E-state index contributed by atoms with van der Waals surface area (Å²) in [6.07, 6.45) is 4.12. The fraction of sp³-hybridized carbons (Fsp3) is 0.364. The van der Waals surface area contributed by atoms with Crippen molar-refractivity contribution in [1.29, 1.82) is 0 Å². The fourth-order valence-electron chi connectivity index (χ4n) is 2.15. The first-order valence-electron chi connectivity index (χ1n) is 5.65. The number of nitrogens with zero attached hydrogens (tertiary/aromatic N) is 4. The fourth-order valence-corrected chi connectivity index (χ4v) is 2.29. The Morgan fingerprint density at radius 1 is 1.29 bits per heavy atom. The van der Waals surface area contributed by atoms with Crippen molar-refractivity contribution < 1.29 is 0 Å². The van der Waals surface area contributed by atoms with E-state index in [-0.39, 0.29) is 0 Å². The van der Waals surface area contributed by atoms with Crippen molar-refractivity contribution in [3.8, 4) is 0 Å². The molecule has 0 unspecified atom stereocenters. The van der Waals surface area contributed by atoms with Gasteiger partial charge < -0.3 is 10.6 Å². The lowest BCUT2D eigenvalue weighted by atomic mass is 10.4. The maximum Gasteiger partial charge on any atom is 0.154 e. The quantitative estimate of drug-likeness (QED) is 0.801. The average molecular weight is 247 g/mol. The van der Waals surface area contributed by atoms with Gasteiger partial charge in [0.25, 0.3) is 0 Å². The highest BCUT2D eigenvalue weighted by atomic mass is 32.1. The molecule has 1 aliphatic rings. The second kappa shape index (κ2) is 3.96. The summed E-state index contributed by atoms with van der Waals surface area (Å²) in [6.45, 7) is 2.13. The van der Waals surface area contributed by atoms with Crippen LogP contribution in [0, 0.1) is 0 Å². The molecule has 2 aromatic heterocycles. The molecule has 0 atom stereocenters. The third-order valence-corrected chi connectivity index (χ3v) is 3.24. The Morgan fingerprint density at radius 2 is 2.06 bits per heavy atom. The van der Waals surface area contributed by atoms with E-state index in [4.69, 9.17) is 18.0 Å². The molecule has 0 radical (unpaired) electrons. The van der Waals surface area contributed by atoms with Gasteiger partial charge >= 0.3 is 0 Å². The van der Waals surface area contributed by atoms with Crippen LogP contribution in [-0.2, 0) is 0 Å². The van der Waals surface area contributed by atoms with Gasteiger partial charge in [0, 0.05) is 13.1 Å². The highest BCUT2D eigenvalue weighted by Gasteiger charge is 2.15. The largest absolute Gasteiger partial charge is 0.388 e. The minimum Gasteiger partial charge on any atom is -0.388 e. The number of fused-ring (bicyclic) bond motifs is 1. The SMILES string of the molecule is NC(=S)c1cnc2ccc(N3CCCC3)nn12. The van der Waals surface area contributed by atoms with Gasteiger partial charge in [0.15, 0.2) is 5.65 Å². The smallest absolute Gasteiger partial charge is 0.154 e. The summed E-state index contributed by atoms with van der Waals surface area (Å²) in [5.74, 6) is 0.963. The van der Waals surface area contributed by atoms with Crippen LogP contribution in [0.3, 0.4) is 0 Å². The van der Waals surface area contributed by atoms with Crippen LogP contribution in [0.2, 0.25) is 0 Å². The van der Waals surface area contributed by atoms with Crippen LogP contribution >= 0.6 is 12.2 Å². The Bertz CT molecular complexity index is 570. The zero-order chi connectivity index (χ0) is 11.8. The van der Waals surface area contributed by atoms with Gasteiger partial charge in [-0.2, -0.15) is 0 Å². The van der Waals surface area contributed by atoms with E-state index in [0.29, 0.717) is 10.7 Å². The van der Waals surface area contributed by atoms with Gasteiger partial charge in [-0.1, -0.05) is 12.2 Å². The van der Waals surface area contributed by atoms with E-state index in [9.17, 15) is 0 Å². The highest BCUT2D eigenvalue weighted by Crippen LogP contribution is 2.18. The zero-order valence-corrected chi connectivity index (χ0v) is 10.2. The summed E-state index contributed by atoms with van der Waals surface area (Å²) in [4.78, 5) is 6.81. The number of aromatic nitrogens is 3. The average Bonchev–Trinajstić information content (AvgIpc) is 2.97. The Hall–Kier alpha value is -1.69. The molecule has 0 bridgehead atoms. The van der Waals surface area contributed by atoms with Crippen molar-refractivity contribution in [1.82, 2.24) is 14.6 Å². The molecule has 6 heteroatoms. The molecule has 0 amide bonds. The van der Waals surface area contributed by atoms with E-state index >= 15 is 0 Å². The first-order valence-corrected chi connectivity index (χ1v) is 6.06. The van der Waals surface area contributed by atoms with Gasteiger partial charge in [0.05, 0.1) is 6.20 Å². The summed E-state index contributed by atoms with van der Waals surface area (Å²) in [5, 5.41) is 4.55. The lowest BCUT2D eigenvalue weighted by molar-refractivity contribution is 0.855. The number of hydrogen-bond donors (Lipinski definition) is 1. The minimum atomic E-state index is 0.323. The second-order valence-corrected chi connectivity index (χ2v) is 4.60. The van der Waals surface area contributed by atoms with Crippen molar-refractivity contribution >= 4 is 28.7 Å². The predicted molar refractivity (Wildman–Crippen MR) is 70.3 cm³/mol. The molecular formula is C11H13N5S. The molecule has 0 aliphatic carbocycles. The molecule has 17 heavy (non-hydrogen) atoms. The van der Waals surface area contributed by atoms with Gasteiger partial charge in [-0.3, -0.25) is 0 Å². The van der Waals surface area contributed by atoms with E-state index in [1.54, 1.807) is 10.7 Å². The molecule has 1 fully saturated rings. The molecule has 3 heterocycles. The standard InChI is InChI=1S/C11H13N5S/c12-11(17)8-7-13-9-3-4-10(14-16(8)9)15-5-1-2-6-15/h3-4,7H,1-2,5-6H2,(H2,12,17). The van der Waals surface area contributed by atoms with Gasteiger partial charge in [0.2, 0.25) is 0 Å². The number of anilines is 1. The van der Waals surface area contributed by atoms with E-state index in [1.165, 1.54) is 12.8 Å². The summed E-state index contributed by atoms with van der Waals surface area (Å²) < 4.78 is 1.72. The summed E-state index contributed by atoms with van der Waals surface area (Å²) in [7, 11) is 0. The predicted octanol–water partition coefficient (Wildman–Crippen LogP) is 0.964. The lowest BCUT2D eigenvalue weighted by Gasteiger charge is -2.16. The first kappa shape index (κ1) is 10.5. The van der Waals surface area contributed by atoms with Crippen LogP contribution in [0.1, 0.15) is 18.5 Å². The maximum atomic E-state index is 5.64. The molecule has 88 valence electrons. The number of thiocarbonyl (C=S) groups is 1. The Labute approximate surface area is 104 Å². The second-order valence-electron chi connectivity index (χ2n) is 4.16. The maximum absolute atomic E-state index is 5.64. The molecule has 3 rings (SSSR count). The van der Waals surface area contributed by atoms with E-state index in [1.807, 2.05) is 12.1 Å². The number of rotatable bonds is 2. The van der Waals surface area contributed by atoms with Crippen LogP contribution in [0.4, 0.5) is 5.82 Å². The normalized spacial score (nSPS) is 15.6. The molecule has 1 saturated heterocycles. The topological polar surface area (TPSA) is 59.5 Å². The third-order valence-electron chi connectivity index (χ3n) is 3.03. The number of hydrogen-bond acceptors (Lipinski definition) is 4. The first-order chi connectivity index (χ1) is 8.25. The van der Waals surface area contributed by atoms with Gasteiger partial charge in [-0.25, -0.2) is 9.50 Å². The van der Waals surface area contributed by atoms with Gasteiger partial charge in [-0.05, 0) is 25.0 Å². The molecule has 0 spiro atoms. The van der Waals surface area contributed by atoms with E-state index in [2.05, 4.69) is 15.0 Å². The minimum absolute atomic E-state index is 0.323. The van der Waals surface area contributed by atoms with Crippen LogP contribution < -0.4 is 10.6 Å². The summed E-state index contributed by atoms with van der Waals surface area (Å²) in [5.41, 5.74) is 7.11. The summed E-state index contributed by atoms with van der Waals surface area (Å²) >= 11 is 4.98. The van der Waals surface area contributed by atoms with Crippen molar-refractivity contribution in [3.63, 3.8) is 0 Å². The Kier molecular flexibility index (Phi) is 2.44. The van der Waals surface area contributed by atoms with Crippen molar-refractivity contribution in [2.75, 3.05) is 18.0 Å². The van der Waals surface area contributed by atoms with Gasteiger partial charge in [-0.15, -0.1) is 5.10 Å². The molecule has 2 N–H and O–H groups in total. The van der Waals surface area contributed by atoms with Crippen LogP contribution in [-0.4, -0.2) is 32.7 Å². The van der Waals surface area contributed by atoms with E-state index < -0.39 is 0 Å². The van der Waals surface area contributed by atoms with Crippen LogP contribution in [0.15, 0.2) is 18.3 Å². The van der Waals surface area contributed by atoms with Crippen LogP contribution in [0.25, 0.3) is 5.65 Å². The molecule has 2 aromatic rings. The van der Waals surface area contributed by atoms with Crippen molar-refractivity contribution in [2.24, 2.45) is 5.73 Å². The van der Waals surface area contributed by atoms with Crippen molar-refractivity contribution in [3.05, 3.63) is 24.0 Å². The molecule has 1 aliphatic heterocycles. The molecule has 0 aromatic carbocycles. The zero-order valence-electron chi connectivity index (χ0n) is 9.33. The number of nitrogens with two attached hydrogens (primary N) is 1. The third kappa shape index (κ3) is 1.74. The van der Waals surface area contributed by atoms with E-state index in [0.717, 1.165) is 24.6 Å². The lowest BCUT2D eigenvalue weighted by Crippen LogP contribution is -2.21. The number of imidazole rings is 1. The monoisotopic (exact) mass is 247 g/mol. The van der Waals surface area contributed by atoms with Crippen LogP contribution in [0.5, 0.6) is 0 Å². The summed E-state index contributed by atoms with van der Waals surface area (Å²) in [6, 6.07) is 3.94. The Morgan fingerprint density at radius 3 is 2.76 bits per heavy atom. The van der Waals surface area contributed by atoms with Gasteiger partial charge in [0.1, 0.15) is 16.5 Å². The van der Waals surface area contributed by atoms with Crippen molar-refractivity contribution in [2.45, 2.75) is 12.8 Å². The molecule has 5 nitrogen and oxygen atoms in total. The highest BCUT2D eigenvalue weighted by molar-refractivity contribution is 7.80. The molecule has 0 saturated carbocycles. The molecular weight excluding hydrogens is 234 g/mol.